The van der Waals surface area contributed by atoms with E-state index in [1.165, 1.54) is 6.07 Å². The number of carbonyl (C=O) groups excluding carboxylic acids is 1. The fourth-order valence-electron chi connectivity index (χ4n) is 2.53. The molecule has 1 aromatic rings. The van der Waals surface area contributed by atoms with Crippen LogP contribution < -0.4 is 5.32 Å². The van der Waals surface area contributed by atoms with Gasteiger partial charge < -0.3 is 10.2 Å². The molecule has 1 atom stereocenters. The van der Waals surface area contributed by atoms with E-state index in [0.29, 0.717) is 18.0 Å². The van der Waals surface area contributed by atoms with E-state index in [0.717, 1.165) is 38.1 Å². The maximum absolute atomic E-state index is 13.1. The molecule has 0 saturated carbocycles. The number of piperidine rings is 1. The normalized spacial score (nSPS) is 18.9. The fraction of sp³-hybridized carbons (Fsp3) is 0.533. The lowest BCUT2D eigenvalue weighted by Crippen LogP contribution is -2.39. The number of rotatable bonds is 4. The number of benzene rings is 1. The molecule has 1 heterocycles. The number of halogens is 2. The zero-order chi connectivity index (χ0) is 14.5. The molecule has 1 N–H and O–H groups in total. The molecule has 1 fully saturated rings. The summed E-state index contributed by atoms with van der Waals surface area (Å²) in [7, 11) is 1.76. The SMILES string of the molecule is CN(CC1CCCNC1)C(=O)Cc1ccc(F)c(F)c1. The first kappa shape index (κ1) is 14.9. The summed E-state index contributed by atoms with van der Waals surface area (Å²) in [5.41, 5.74) is 0.502. The Morgan fingerprint density at radius 2 is 2.20 bits per heavy atom. The van der Waals surface area contributed by atoms with Gasteiger partial charge in [-0.3, -0.25) is 4.79 Å². The van der Waals surface area contributed by atoms with E-state index in [-0.39, 0.29) is 12.3 Å². The Balaban J connectivity index is 1.88. The summed E-state index contributed by atoms with van der Waals surface area (Å²) in [5.74, 6) is -1.39. The van der Waals surface area contributed by atoms with Crippen molar-refractivity contribution in [1.82, 2.24) is 10.2 Å². The molecule has 1 saturated heterocycles. The lowest BCUT2D eigenvalue weighted by Gasteiger charge is -2.27. The van der Waals surface area contributed by atoms with Gasteiger partial charge in [0, 0.05) is 13.6 Å². The number of amides is 1. The Morgan fingerprint density at radius 1 is 1.40 bits per heavy atom. The maximum atomic E-state index is 13.1. The van der Waals surface area contributed by atoms with Crippen molar-refractivity contribution in [3.05, 3.63) is 35.4 Å². The molecule has 0 spiro atoms. The molecule has 0 radical (unpaired) electrons. The Morgan fingerprint density at radius 3 is 2.85 bits per heavy atom. The molecule has 1 unspecified atom stereocenters. The smallest absolute Gasteiger partial charge is 0.226 e. The minimum Gasteiger partial charge on any atom is -0.345 e. The zero-order valence-corrected chi connectivity index (χ0v) is 11.7. The Kier molecular flexibility index (Phi) is 5.06. The van der Waals surface area contributed by atoms with Gasteiger partial charge in [0.05, 0.1) is 6.42 Å². The molecule has 1 aromatic carbocycles. The third-order valence-electron chi connectivity index (χ3n) is 3.70. The van der Waals surface area contributed by atoms with Crippen LogP contribution in [0.1, 0.15) is 18.4 Å². The second kappa shape index (κ2) is 6.79. The number of nitrogens with zero attached hydrogens (tertiary/aromatic N) is 1. The molecule has 20 heavy (non-hydrogen) atoms. The van der Waals surface area contributed by atoms with E-state index in [1.807, 2.05) is 0 Å². The van der Waals surface area contributed by atoms with Gasteiger partial charge in [0.15, 0.2) is 11.6 Å². The summed E-state index contributed by atoms with van der Waals surface area (Å²) >= 11 is 0. The van der Waals surface area contributed by atoms with Gasteiger partial charge in [-0.05, 0) is 49.5 Å². The standard InChI is InChI=1S/C15H20F2N2O/c1-19(10-12-3-2-6-18-9-12)15(20)8-11-4-5-13(16)14(17)7-11/h4-5,7,12,18H,2-3,6,8-10H2,1H3. The molecule has 1 aliphatic heterocycles. The molecular weight excluding hydrogens is 262 g/mol. The molecule has 110 valence electrons. The second-order valence-electron chi connectivity index (χ2n) is 5.41. The van der Waals surface area contributed by atoms with Crippen LogP contribution in [0, 0.1) is 17.6 Å². The highest BCUT2D eigenvalue weighted by molar-refractivity contribution is 5.78. The van der Waals surface area contributed by atoms with E-state index in [1.54, 1.807) is 11.9 Å². The van der Waals surface area contributed by atoms with Crippen LogP contribution in [-0.4, -0.2) is 37.5 Å². The van der Waals surface area contributed by atoms with Crippen molar-refractivity contribution in [3.63, 3.8) is 0 Å². The van der Waals surface area contributed by atoms with Gasteiger partial charge >= 0.3 is 0 Å². The fourth-order valence-corrected chi connectivity index (χ4v) is 2.53. The largest absolute Gasteiger partial charge is 0.345 e. The predicted octanol–water partition coefficient (Wildman–Crippen LogP) is 1.97. The van der Waals surface area contributed by atoms with E-state index in [9.17, 15) is 13.6 Å². The molecule has 1 aliphatic rings. The van der Waals surface area contributed by atoms with Crippen molar-refractivity contribution < 1.29 is 13.6 Å². The van der Waals surface area contributed by atoms with Crippen LogP contribution in [0.4, 0.5) is 8.78 Å². The van der Waals surface area contributed by atoms with Crippen molar-refractivity contribution >= 4 is 5.91 Å². The van der Waals surface area contributed by atoms with Crippen molar-refractivity contribution in [3.8, 4) is 0 Å². The van der Waals surface area contributed by atoms with E-state index < -0.39 is 11.6 Å². The molecule has 0 bridgehead atoms. The molecule has 2 rings (SSSR count). The van der Waals surface area contributed by atoms with Gasteiger partial charge in [0.1, 0.15) is 0 Å². The maximum Gasteiger partial charge on any atom is 0.226 e. The molecule has 0 aromatic heterocycles. The lowest BCUT2D eigenvalue weighted by atomic mass is 9.99. The number of nitrogens with one attached hydrogen (secondary N) is 1. The summed E-state index contributed by atoms with van der Waals surface area (Å²) in [5, 5.41) is 3.31. The molecular formula is C15H20F2N2O. The highest BCUT2D eigenvalue weighted by atomic mass is 19.2. The van der Waals surface area contributed by atoms with E-state index >= 15 is 0 Å². The third-order valence-corrected chi connectivity index (χ3v) is 3.70. The minimum absolute atomic E-state index is 0.0680. The monoisotopic (exact) mass is 282 g/mol. The average molecular weight is 282 g/mol. The van der Waals surface area contributed by atoms with E-state index in [4.69, 9.17) is 0 Å². The van der Waals surface area contributed by atoms with Crippen molar-refractivity contribution in [2.45, 2.75) is 19.3 Å². The van der Waals surface area contributed by atoms with Crippen molar-refractivity contribution in [2.75, 3.05) is 26.7 Å². The van der Waals surface area contributed by atoms with Crippen LogP contribution in [0.5, 0.6) is 0 Å². The summed E-state index contributed by atoms with van der Waals surface area (Å²) in [6, 6.07) is 3.60. The Labute approximate surface area is 118 Å². The Hall–Kier alpha value is -1.49. The predicted molar refractivity (Wildman–Crippen MR) is 73.3 cm³/mol. The van der Waals surface area contributed by atoms with Crippen molar-refractivity contribution in [1.29, 1.82) is 0 Å². The van der Waals surface area contributed by atoms with Crippen LogP contribution in [0.2, 0.25) is 0 Å². The van der Waals surface area contributed by atoms with Crippen LogP contribution in [-0.2, 0) is 11.2 Å². The summed E-state index contributed by atoms with van der Waals surface area (Å²) in [4.78, 5) is 13.8. The number of likely N-dealkylation sites (N-methyl/N-ethyl adjacent to an activating group) is 1. The first-order valence-electron chi connectivity index (χ1n) is 6.95. The van der Waals surface area contributed by atoms with Gasteiger partial charge in [0.2, 0.25) is 5.91 Å². The van der Waals surface area contributed by atoms with Crippen LogP contribution in [0.3, 0.4) is 0 Å². The third kappa shape index (κ3) is 4.00. The molecule has 0 aliphatic carbocycles. The molecule has 3 nitrogen and oxygen atoms in total. The topological polar surface area (TPSA) is 32.3 Å². The minimum atomic E-state index is -0.908. The van der Waals surface area contributed by atoms with Gasteiger partial charge in [-0.2, -0.15) is 0 Å². The Bertz CT molecular complexity index is 473. The van der Waals surface area contributed by atoms with Crippen LogP contribution in [0.25, 0.3) is 0 Å². The van der Waals surface area contributed by atoms with Gasteiger partial charge in [-0.1, -0.05) is 6.07 Å². The highest BCUT2D eigenvalue weighted by Crippen LogP contribution is 2.13. The summed E-state index contributed by atoms with van der Waals surface area (Å²) in [6.07, 6.45) is 2.36. The van der Waals surface area contributed by atoms with E-state index in [2.05, 4.69) is 5.32 Å². The first-order valence-corrected chi connectivity index (χ1v) is 6.95. The highest BCUT2D eigenvalue weighted by Gasteiger charge is 2.18. The van der Waals surface area contributed by atoms with Gasteiger partial charge in [-0.15, -0.1) is 0 Å². The number of carbonyl (C=O) groups is 1. The van der Waals surface area contributed by atoms with Gasteiger partial charge in [0.25, 0.3) is 0 Å². The second-order valence-corrected chi connectivity index (χ2v) is 5.41. The lowest BCUT2D eigenvalue weighted by molar-refractivity contribution is -0.129. The zero-order valence-electron chi connectivity index (χ0n) is 11.7. The quantitative estimate of drug-likeness (QED) is 0.915. The first-order chi connectivity index (χ1) is 9.56. The van der Waals surface area contributed by atoms with Crippen molar-refractivity contribution in [2.24, 2.45) is 5.92 Å². The molecule has 5 heteroatoms. The van der Waals surface area contributed by atoms with Gasteiger partial charge in [-0.25, -0.2) is 8.78 Å². The number of hydrogen-bond donors (Lipinski definition) is 1. The average Bonchev–Trinajstić information content (AvgIpc) is 2.44. The number of hydrogen-bond acceptors (Lipinski definition) is 2. The molecule has 1 amide bonds. The van der Waals surface area contributed by atoms with Crippen LogP contribution >= 0.6 is 0 Å². The summed E-state index contributed by atoms with van der Waals surface area (Å²) in [6.45, 7) is 2.68. The van der Waals surface area contributed by atoms with Crippen LogP contribution in [0.15, 0.2) is 18.2 Å². The summed E-state index contributed by atoms with van der Waals surface area (Å²) < 4.78 is 25.9.